The van der Waals surface area contributed by atoms with Crippen molar-refractivity contribution in [3.05, 3.63) is 45.7 Å². The molecule has 5 atom stereocenters. The van der Waals surface area contributed by atoms with Crippen molar-refractivity contribution in [1.82, 2.24) is 0 Å². The lowest BCUT2D eigenvalue weighted by molar-refractivity contribution is -0.179. The van der Waals surface area contributed by atoms with Gasteiger partial charge in [0.2, 0.25) is 5.78 Å². The molecule has 7 nitrogen and oxygen atoms in total. The van der Waals surface area contributed by atoms with Crippen LogP contribution in [-0.4, -0.2) is 43.4 Å². The molecule has 1 aromatic rings. The molecule has 0 heterocycles. The van der Waals surface area contributed by atoms with Crippen molar-refractivity contribution in [3.63, 3.8) is 0 Å². The van der Waals surface area contributed by atoms with E-state index in [1.54, 1.807) is 26.8 Å². The molecule has 0 radical (unpaired) electrons. The number of aryl methyl sites for hydroxylation is 1. The van der Waals surface area contributed by atoms with Crippen LogP contribution in [0.5, 0.6) is 5.75 Å². The molecule has 7 heteroatoms. The van der Waals surface area contributed by atoms with Gasteiger partial charge in [-0.25, -0.2) is 0 Å². The van der Waals surface area contributed by atoms with Gasteiger partial charge in [0.25, 0.3) is 0 Å². The molecule has 3 aliphatic rings. The van der Waals surface area contributed by atoms with Gasteiger partial charge in [-0.2, -0.15) is 0 Å². The summed E-state index contributed by atoms with van der Waals surface area (Å²) in [7, 11) is 0. The number of Topliss-reactive ketones (excluding diaryl/α,β-unsaturated/α-hetero) is 3. The first kappa shape index (κ1) is 24.2. The Morgan fingerprint density at radius 3 is 2.24 bits per heavy atom. The Hall–Kier alpha value is -2.93. The standard InChI is InChI=1S/C27H32O7/c1-11(2)19-21(30)17(14(5)28)23(32)27(34)24(33)20-22(31)18-15(29)9-8-12(3)16(18)13(4)25(20,6)10-26(19,27)7/h8-9,11,13,19,29,31-32,34H,10H2,1-7H3/t13-,19?,25+,26-,27+/m1/s1. The molecule has 0 aromatic heterocycles. The molecule has 0 bridgehead atoms. The van der Waals surface area contributed by atoms with E-state index < -0.39 is 56.8 Å². The minimum atomic E-state index is -2.59. The van der Waals surface area contributed by atoms with Crippen LogP contribution in [0.25, 0.3) is 5.76 Å². The number of benzene rings is 1. The highest BCUT2D eigenvalue weighted by atomic mass is 16.3. The van der Waals surface area contributed by atoms with E-state index in [1.807, 2.05) is 20.8 Å². The highest BCUT2D eigenvalue weighted by Crippen LogP contribution is 2.67. The molecule has 1 unspecified atom stereocenters. The SMILES string of the molecule is CC(=O)C1=C(O)[C@]2(O)C(=O)C3=C(O)c4c(O)ccc(C)c4[C@@H](C)[C@]3(C)C[C@]2(C)C(C(C)C)C1=O. The average Bonchev–Trinajstić information content (AvgIpc) is 2.70. The Labute approximate surface area is 198 Å². The second-order valence-electron chi connectivity index (χ2n) is 11.1. The molecule has 0 amide bonds. The maximum Gasteiger partial charge on any atom is 0.203 e. The van der Waals surface area contributed by atoms with Crippen molar-refractivity contribution in [3.8, 4) is 5.75 Å². The Bertz CT molecular complexity index is 1240. The van der Waals surface area contributed by atoms with Crippen LogP contribution in [-0.2, 0) is 14.4 Å². The number of hydrogen-bond acceptors (Lipinski definition) is 7. The van der Waals surface area contributed by atoms with Crippen LogP contribution in [0.15, 0.2) is 29.0 Å². The number of carbonyl (C=O) groups is 3. The van der Waals surface area contributed by atoms with Gasteiger partial charge in [-0.3, -0.25) is 14.4 Å². The molecular weight excluding hydrogens is 436 g/mol. The first-order valence-electron chi connectivity index (χ1n) is 11.6. The highest BCUT2D eigenvalue weighted by molar-refractivity contribution is 6.24. The van der Waals surface area contributed by atoms with E-state index in [0.29, 0.717) is 5.56 Å². The number of phenolic OH excluding ortho intramolecular Hbond substituents is 1. The molecule has 3 aliphatic carbocycles. The predicted molar refractivity (Wildman–Crippen MR) is 125 cm³/mol. The molecule has 1 aromatic carbocycles. The van der Waals surface area contributed by atoms with Crippen molar-refractivity contribution in [2.24, 2.45) is 22.7 Å². The van der Waals surface area contributed by atoms with Crippen LogP contribution in [0.2, 0.25) is 0 Å². The molecule has 182 valence electrons. The van der Waals surface area contributed by atoms with Crippen molar-refractivity contribution >= 4 is 23.1 Å². The van der Waals surface area contributed by atoms with Crippen molar-refractivity contribution in [1.29, 1.82) is 0 Å². The zero-order chi connectivity index (χ0) is 25.7. The summed E-state index contributed by atoms with van der Waals surface area (Å²) >= 11 is 0. The van der Waals surface area contributed by atoms with E-state index in [4.69, 9.17) is 0 Å². The Morgan fingerprint density at radius 2 is 1.71 bits per heavy atom. The van der Waals surface area contributed by atoms with Crippen LogP contribution in [0, 0.1) is 29.6 Å². The van der Waals surface area contributed by atoms with Gasteiger partial charge in [0.15, 0.2) is 17.2 Å². The summed E-state index contributed by atoms with van der Waals surface area (Å²) in [6.45, 7) is 11.8. The number of hydrogen-bond donors (Lipinski definition) is 4. The summed E-state index contributed by atoms with van der Waals surface area (Å²) in [5.41, 5.74) is -4.09. The molecule has 1 fully saturated rings. The van der Waals surface area contributed by atoms with E-state index in [-0.39, 0.29) is 35.1 Å². The summed E-state index contributed by atoms with van der Waals surface area (Å²) in [6.07, 6.45) is 0.0845. The number of rotatable bonds is 2. The number of aliphatic hydroxyl groups is 3. The summed E-state index contributed by atoms with van der Waals surface area (Å²) in [5.74, 6) is -5.51. The molecule has 1 saturated carbocycles. The Morgan fingerprint density at radius 1 is 1.12 bits per heavy atom. The lowest BCUT2D eigenvalue weighted by Crippen LogP contribution is -2.69. The van der Waals surface area contributed by atoms with Crippen LogP contribution in [0.1, 0.15) is 70.6 Å². The van der Waals surface area contributed by atoms with Crippen LogP contribution < -0.4 is 0 Å². The zero-order valence-corrected chi connectivity index (χ0v) is 20.6. The summed E-state index contributed by atoms with van der Waals surface area (Å²) in [4.78, 5) is 40.0. The smallest absolute Gasteiger partial charge is 0.203 e. The number of fused-ring (bicyclic) bond motifs is 3. The highest BCUT2D eigenvalue weighted by Gasteiger charge is 2.73. The van der Waals surface area contributed by atoms with Gasteiger partial charge in [-0.05, 0) is 49.3 Å². The normalized spacial score (nSPS) is 35.3. The van der Waals surface area contributed by atoms with Crippen LogP contribution in [0.4, 0.5) is 0 Å². The molecule has 0 spiro atoms. The summed E-state index contributed by atoms with van der Waals surface area (Å²) in [5, 5.41) is 45.1. The number of aliphatic hydroxyl groups excluding tert-OH is 2. The predicted octanol–water partition coefficient (Wildman–Crippen LogP) is 4.06. The Balaban J connectivity index is 2.14. The minimum Gasteiger partial charge on any atom is -0.508 e. The van der Waals surface area contributed by atoms with Gasteiger partial charge < -0.3 is 20.4 Å². The van der Waals surface area contributed by atoms with Gasteiger partial charge in [-0.15, -0.1) is 0 Å². The maximum absolute atomic E-state index is 14.2. The van der Waals surface area contributed by atoms with Gasteiger partial charge in [0.05, 0.1) is 5.56 Å². The molecule has 4 N–H and O–H groups in total. The van der Waals surface area contributed by atoms with Gasteiger partial charge in [0, 0.05) is 22.3 Å². The molecule has 34 heavy (non-hydrogen) atoms. The van der Waals surface area contributed by atoms with Crippen molar-refractivity contribution < 1.29 is 34.8 Å². The quantitative estimate of drug-likeness (QED) is 0.481. The van der Waals surface area contributed by atoms with E-state index >= 15 is 0 Å². The number of phenols is 1. The third-order valence-corrected chi connectivity index (χ3v) is 8.81. The number of allylic oxidation sites excluding steroid dienone is 1. The van der Waals surface area contributed by atoms with Gasteiger partial charge >= 0.3 is 0 Å². The van der Waals surface area contributed by atoms with E-state index in [1.165, 1.54) is 6.07 Å². The third-order valence-electron chi connectivity index (χ3n) is 8.81. The minimum absolute atomic E-state index is 0.0845. The van der Waals surface area contributed by atoms with Crippen LogP contribution >= 0.6 is 0 Å². The lowest BCUT2D eigenvalue weighted by Gasteiger charge is -2.61. The summed E-state index contributed by atoms with van der Waals surface area (Å²) in [6, 6.07) is 3.18. The number of ketones is 3. The fourth-order valence-electron chi connectivity index (χ4n) is 7.22. The fourth-order valence-corrected chi connectivity index (χ4v) is 7.22. The number of aromatic hydroxyl groups is 1. The first-order valence-corrected chi connectivity index (χ1v) is 11.6. The van der Waals surface area contributed by atoms with Crippen LogP contribution in [0.3, 0.4) is 0 Å². The monoisotopic (exact) mass is 468 g/mol. The molecule has 0 aliphatic heterocycles. The molecule has 0 saturated heterocycles. The van der Waals surface area contributed by atoms with Gasteiger partial charge in [0.1, 0.15) is 22.8 Å². The van der Waals surface area contributed by atoms with E-state index in [2.05, 4.69) is 0 Å². The lowest BCUT2D eigenvalue weighted by atomic mass is 9.42. The van der Waals surface area contributed by atoms with Crippen molar-refractivity contribution in [2.75, 3.05) is 0 Å². The average molecular weight is 469 g/mol. The van der Waals surface area contributed by atoms with Crippen molar-refractivity contribution in [2.45, 2.75) is 66.4 Å². The number of carbonyl (C=O) groups excluding carboxylic acids is 3. The second-order valence-corrected chi connectivity index (χ2v) is 11.1. The summed E-state index contributed by atoms with van der Waals surface area (Å²) < 4.78 is 0. The third kappa shape index (κ3) is 2.53. The Kier molecular flexibility index (Phi) is 5.01. The van der Waals surface area contributed by atoms with E-state index in [9.17, 15) is 34.8 Å². The molecular formula is C27H32O7. The zero-order valence-electron chi connectivity index (χ0n) is 20.6. The second kappa shape index (κ2) is 7.04. The van der Waals surface area contributed by atoms with E-state index in [0.717, 1.165) is 12.5 Å². The largest absolute Gasteiger partial charge is 0.508 e. The first-order chi connectivity index (χ1) is 15.6. The fraction of sp³-hybridized carbons (Fsp3) is 0.519. The topological polar surface area (TPSA) is 132 Å². The van der Waals surface area contributed by atoms with Gasteiger partial charge in [-0.1, -0.05) is 40.7 Å². The molecule has 4 rings (SSSR count). The maximum atomic E-state index is 14.2.